The zero-order chi connectivity index (χ0) is 12.5. The Morgan fingerprint density at radius 3 is 3.22 bits per heavy atom. The molecule has 2 heterocycles. The molecule has 4 heteroatoms. The minimum Gasteiger partial charge on any atom is -0.453 e. The van der Waals surface area contributed by atoms with Crippen molar-refractivity contribution in [2.24, 2.45) is 5.92 Å². The van der Waals surface area contributed by atoms with Gasteiger partial charge in [-0.25, -0.2) is 4.79 Å². The average molecular weight is 246 g/mol. The molecular weight excluding hydrogens is 228 g/mol. The Bertz CT molecular complexity index is 461. The predicted molar refractivity (Wildman–Crippen MR) is 67.1 cm³/mol. The minimum atomic E-state index is -0.207. The van der Waals surface area contributed by atoms with Crippen molar-refractivity contribution in [2.45, 2.75) is 31.7 Å². The van der Waals surface area contributed by atoms with Gasteiger partial charge < -0.3 is 9.64 Å². The number of hydrogen-bond donors (Lipinski definition) is 0. The van der Waals surface area contributed by atoms with Crippen molar-refractivity contribution >= 4 is 6.09 Å². The van der Waals surface area contributed by atoms with Gasteiger partial charge in [0.1, 0.15) is 0 Å². The first kappa shape index (κ1) is 11.5. The first-order chi connectivity index (χ1) is 8.81. The van der Waals surface area contributed by atoms with Crippen LogP contribution in [-0.4, -0.2) is 29.6 Å². The Morgan fingerprint density at radius 2 is 2.39 bits per heavy atom. The highest BCUT2D eigenvalue weighted by Crippen LogP contribution is 2.43. The maximum atomic E-state index is 11.9. The van der Waals surface area contributed by atoms with Gasteiger partial charge in [0.2, 0.25) is 0 Å². The topological polar surface area (TPSA) is 42.4 Å². The van der Waals surface area contributed by atoms with E-state index in [1.807, 2.05) is 17.3 Å². The SMILES string of the molecule is COC(=O)N1CCC[C@@H]2CCc3ccncc3[C@@H]21. The zero-order valence-corrected chi connectivity index (χ0v) is 10.6. The van der Waals surface area contributed by atoms with Crippen LogP contribution in [0.1, 0.15) is 36.4 Å². The van der Waals surface area contributed by atoms with Crippen LogP contribution in [0.3, 0.4) is 0 Å². The van der Waals surface area contributed by atoms with Crippen molar-refractivity contribution in [3.05, 3.63) is 29.6 Å². The van der Waals surface area contributed by atoms with Crippen molar-refractivity contribution in [1.82, 2.24) is 9.88 Å². The highest BCUT2D eigenvalue weighted by atomic mass is 16.5. The van der Waals surface area contributed by atoms with E-state index in [0.717, 1.165) is 25.8 Å². The number of ether oxygens (including phenoxy) is 1. The van der Waals surface area contributed by atoms with Crippen LogP contribution in [0.2, 0.25) is 0 Å². The van der Waals surface area contributed by atoms with Crippen LogP contribution >= 0.6 is 0 Å². The second kappa shape index (κ2) is 4.59. The fourth-order valence-electron chi connectivity index (χ4n) is 3.39. The van der Waals surface area contributed by atoms with Gasteiger partial charge in [-0.2, -0.15) is 0 Å². The molecule has 0 N–H and O–H groups in total. The van der Waals surface area contributed by atoms with Crippen LogP contribution in [0.25, 0.3) is 0 Å². The fourth-order valence-corrected chi connectivity index (χ4v) is 3.39. The molecule has 0 saturated carbocycles. The monoisotopic (exact) mass is 246 g/mol. The third-order valence-corrected chi connectivity index (χ3v) is 4.21. The predicted octanol–water partition coefficient (Wildman–Crippen LogP) is 2.55. The number of carbonyl (C=O) groups excluding carboxylic acids is 1. The number of nitrogens with zero attached hydrogens (tertiary/aromatic N) is 2. The van der Waals surface area contributed by atoms with Gasteiger partial charge in [-0.1, -0.05) is 0 Å². The first-order valence-electron chi connectivity index (χ1n) is 6.58. The van der Waals surface area contributed by atoms with Crippen molar-refractivity contribution in [1.29, 1.82) is 0 Å². The number of aromatic nitrogens is 1. The van der Waals surface area contributed by atoms with Crippen LogP contribution in [0.15, 0.2) is 18.5 Å². The van der Waals surface area contributed by atoms with E-state index in [1.165, 1.54) is 24.7 Å². The maximum absolute atomic E-state index is 11.9. The molecule has 0 unspecified atom stereocenters. The lowest BCUT2D eigenvalue weighted by Gasteiger charge is -2.43. The van der Waals surface area contributed by atoms with Crippen LogP contribution in [0, 0.1) is 5.92 Å². The van der Waals surface area contributed by atoms with E-state index in [1.54, 1.807) is 0 Å². The summed E-state index contributed by atoms with van der Waals surface area (Å²) in [6.45, 7) is 0.794. The van der Waals surface area contributed by atoms with Gasteiger partial charge in [-0.15, -0.1) is 0 Å². The number of hydrogen-bond acceptors (Lipinski definition) is 3. The summed E-state index contributed by atoms with van der Waals surface area (Å²) in [5.74, 6) is 0.564. The summed E-state index contributed by atoms with van der Waals surface area (Å²) in [6, 6.07) is 2.25. The van der Waals surface area contributed by atoms with E-state index in [0.29, 0.717) is 5.92 Å². The van der Waals surface area contributed by atoms with E-state index < -0.39 is 0 Å². The maximum Gasteiger partial charge on any atom is 0.410 e. The number of fused-ring (bicyclic) bond motifs is 3. The fraction of sp³-hybridized carbons (Fsp3) is 0.571. The van der Waals surface area contributed by atoms with Crippen LogP contribution < -0.4 is 0 Å². The molecule has 4 nitrogen and oxygen atoms in total. The molecule has 1 fully saturated rings. The Hall–Kier alpha value is -1.58. The Balaban J connectivity index is 1.99. The normalized spacial score (nSPS) is 26.2. The summed E-state index contributed by atoms with van der Waals surface area (Å²) < 4.78 is 4.92. The molecule has 1 aliphatic carbocycles. The number of rotatable bonds is 0. The van der Waals surface area contributed by atoms with Gasteiger partial charge in [-0.3, -0.25) is 4.98 Å². The molecule has 1 aliphatic heterocycles. The number of methoxy groups -OCH3 is 1. The highest BCUT2D eigenvalue weighted by Gasteiger charge is 2.39. The summed E-state index contributed by atoms with van der Waals surface area (Å²) in [5.41, 5.74) is 2.56. The van der Waals surface area contributed by atoms with Crippen LogP contribution in [0.5, 0.6) is 0 Å². The summed E-state index contributed by atoms with van der Waals surface area (Å²) >= 11 is 0. The second-order valence-corrected chi connectivity index (χ2v) is 5.12. The van der Waals surface area contributed by atoms with Gasteiger partial charge in [0.15, 0.2) is 0 Å². The molecule has 2 aliphatic rings. The molecule has 3 rings (SSSR count). The summed E-state index contributed by atoms with van der Waals surface area (Å²) in [6.07, 6.45) is 8.10. The third-order valence-electron chi connectivity index (χ3n) is 4.21. The zero-order valence-electron chi connectivity index (χ0n) is 10.6. The quantitative estimate of drug-likeness (QED) is 0.706. The van der Waals surface area contributed by atoms with E-state index >= 15 is 0 Å². The largest absolute Gasteiger partial charge is 0.453 e. The standard InChI is InChI=1S/C14H18N2O2/c1-18-14(17)16-8-2-3-11-5-4-10-6-7-15-9-12(10)13(11)16/h6-7,9,11,13H,2-5,8H2,1H3/t11-,13-/m1/s1. The van der Waals surface area contributed by atoms with Crippen molar-refractivity contribution in [3.63, 3.8) is 0 Å². The van der Waals surface area contributed by atoms with E-state index in [9.17, 15) is 4.79 Å². The third kappa shape index (κ3) is 1.76. The van der Waals surface area contributed by atoms with Gasteiger partial charge in [-0.05, 0) is 48.8 Å². The lowest BCUT2D eigenvalue weighted by Crippen LogP contribution is -2.44. The number of piperidine rings is 1. The molecule has 1 aromatic heterocycles. The Kier molecular flexibility index (Phi) is 2.94. The van der Waals surface area contributed by atoms with Crippen molar-refractivity contribution in [2.75, 3.05) is 13.7 Å². The molecule has 1 amide bonds. The van der Waals surface area contributed by atoms with Gasteiger partial charge in [0.05, 0.1) is 13.2 Å². The molecule has 1 saturated heterocycles. The lowest BCUT2D eigenvalue weighted by molar-refractivity contribution is 0.0583. The molecule has 0 radical (unpaired) electrons. The van der Waals surface area contributed by atoms with E-state index in [-0.39, 0.29) is 12.1 Å². The molecule has 0 spiro atoms. The molecule has 0 bridgehead atoms. The second-order valence-electron chi connectivity index (χ2n) is 5.12. The van der Waals surface area contributed by atoms with Crippen molar-refractivity contribution < 1.29 is 9.53 Å². The van der Waals surface area contributed by atoms with Crippen LogP contribution in [0.4, 0.5) is 4.79 Å². The molecule has 96 valence electrons. The molecular formula is C14H18N2O2. The lowest BCUT2D eigenvalue weighted by atomic mass is 9.75. The van der Waals surface area contributed by atoms with Gasteiger partial charge in [0, 0.05) is 18.9 Å². The average Bonchev–Trinajstić information content (AvgIpc) is 2.45. The molecule has 1 aromatic rings. The Labute approximate surface area is 107 Å². The van der Waals surface area contributed by atoms with Gasteiger partial charge in [0.25, 0.3) is 0 Å². The number of pyridine rings is 1. The summed E-state index contributed by atoms with van der Waals surface area (Å²) in [5, 5.41) is 0. The van der Waals surface area contributed by atoms with E-state index in [4.69, 9.17) is 4.74 Å². The van der Waals surface area contributed by atoms with Crippen molar-refractivity contribution in [3.8, 4) is 0 Å². The molecule has 0 aromatic carbocycles. The number of aryl methyl sites for hydroxylation is 1. The Morgan fingerprint density at radius 1 is 1.50 bits per heavy atom. The minimum absolute atomic E-state index is 0.170. The smallest absolute Gasteiger partial charge is 0.410 e. The highest BCUT2D eigenvalue weighted by molar-refractivity contribution is 5.68. The summed E-state index contributed by atoms with van der Waals surface area (Å²) in [4.78, 5) is 18.0. The first-order valence-corrected chi connectivity index (χ1v) is 6.58. The van der Waals surface area contributed by atoms with Crippen LogP contribution in [-0.2, 0) is 11.2 Å². The van der Waals surface area contributed by atoms with Gasteiger partial charge >= 0.3 is 6.09 Å². The van der Waals surface area contributed by atoms with E-state index in [2.05, 4.69) is 11.1 Å². The summed E-state index contributed by atoms with van der Waals surface area (Å²) in [7, 11) is 1.46. The molecule has 2 atom stereocenters. The number of carbonyl (C=O) groups is 1. The number of likely N-dealkylation sites (tertiary alicyclic amines) is 1. The number of amides is 1. The molecule has 18 heavy (non-hydrogen) atoms.